The topological polar surface area (TPSA) is 50.9 Å². The molecule has 0 aliphatic rings. The lowest BCUT2D eigenvalue weighted by atomic mass is 10.0. The molecule has 1 atom stereocenters. The SMILES string of the molecule is Cc1cc(NCC(N)CC(C)C)ccn1. The Balaban J connectivity index is 2.36. The van der Waals surface area contributed by atoms with Gasteiger partial charge in [-0.2, -0.15) is 0 Å². The molecule has 0 bridgehead atoms. The van der Waals surface area contributed by atoms with Crippen molar-refractivity contribution in [2.24, 2.45) is 11.7 Å². The molecule has 0 amide bonds. The van der Waals surface area contributed by atoms with Crippen molar-refractivity contribution in [2.75, 3.05) is 11.9 Å². The van der Waals surface area contributed by atoms with Gasteiger partial charge in [0.05, 0.1) is 0 Å². The Morgan fingerprint density at radius 1 is 1.47 bits per heavy atom. The summed E-state index contributed by atoms with van der Waals surface area (Å²) in [5, 5.41) is 3.33. The number of aromatic nitrogens is 1. The van der Waals surface area contributed by atoms with E-state index in [-0.39, 0.29) is 6.04 Å². The second kappa shape index (κ2) is 5.71. The van der Waals surface area contributed by atoms with E-state index in [0.29, 0.717) is 5.92 Å². The number of aryl methyl sites for hydroxylation is 1. The van der Waals surface area contributed by atoms with Gasteiger partial charge in [-0.05, 0) is 31.4 Å². The van der Waals surface area contributed by atoms with Gasteiger partial charge in [-0.25, -0.2) is 0 Å². The van der Waals surface area contributed by atoms with Crippen molar-refractivity contribution in [3.8, 4) is 0 Å². The molecule has 0 aliphatic heterocycles. The van der Waals surface area contributed by atoms with Gasteiger partial charge in [0.2, 0.25) is 0 Å². The highest BCUT2D eigenvalue weighted by molar-refractivity contribution is 5.42. The average Bonchev–Trinajstić information content (AvgIpc) is 2.14. The molecule has 0 radical (unpaired) electrons. The Bertz CT molecular complexity index is 297. The first-order valence-corrected chi connectivity index (χ1v) is 5.50. The zero-order valence-corrected chi connectivity index (χ0v) is 9.83. The molecular formula is C12H21N3. The summed E-state index contributed by atoms with van der Waals surface area (Å²) in [6.07, 6.45) is 2.86. The zero-order valence-electron chi connectivity index (χ0n) is 9.83. The summed E-state index contributed by atoms with van der Waals surface area (Å²) in [6, 6.07) is 4.22. The fourth-order valence-electron chi connectivity index (χ4n) is 1.59. The van der Waals surface area contributed by atoms with E-state index >= 15 is 0 Å². The van der Waals surface area contributed by atoms with E-state index in [1.807, 2.05) is 25.3 Å². The first kappa shape index (κ1) is 12.0. The minimum absolute atomic E-state index is 0.221. The lowest BCUT2D eigenvalue weighted by Gasteiger charge is -2.15. The van der Waals surface area contributed by atoms with Gasteiger partial charge in [0, 0.05) is 30.2 Å². The largest absolute Gasteiger partial charge is 0.383 e. The lowest BCUT2D eigenvalue weighted by Crippen LogP contribution is -2.30. The molecule has 3 N–H and O–H groups in total. The second-order valence-corrected chi connectivity index (χ2v) is 4.46. The molecular weight excluding hydrogens is 186 g/mol. The molecule has 0 aliphatic carbocycles. The van der Waals surface area contributed by atoms with Gasteiger partial charge in [0.1, 0.15) is 0 Å². The molecule has 1 rings (SSSR count). The number of anilines is 1. The van der Waals surface area contributed by atoms with Gasteiger partial charge >= 0.3 is 0 Å². The summed E-state index contributed by atoms with van der Waals surface area (Å²) >= 11 is 0. The lowest BCUT2D eigenvalue weighted by molar-refractivity contribution is 0.508. The van der Waals surface area contributed by atoms with Crippen LogP contribution in [0.4, 0.5) is 5.69 Å². The number of pyridine rings is 1. The first-order valence-electron chi connectivity index (χ1n) is 5.50. The number of hydrogen-bond acceptors (Lipinski definition) is 3. The molecule has 3 nitrogen and oxygen atoms in total. The van der Waals surface area contributed by atoms with Crippen molar-refractivity contribution in [3.63, 3.8) is 0 Å². The molecule has 1 heterocycles. The van der Waals surface area contributed by atoms with Crippen molar-refractivity contribution < 1.29 is 0 Å². The van der Waals surface area contributed by atoms with Crippen LogP contribution in [-0.2, 0) is 0 Å². The molecule has 0 aromatic carbocycles. The predicted octanol–water partition coefficient (Wildman–Crippen LogP) is 2.18. The minimum Gasteiger partial charge on any atom is -0.383 e. The van der Waals surface area contributed by atoms with Crippen molar-refractivity contribution in [1.82, 2.24) is 4.98 Å². The summed E-state index contributed by atoms with van der Waals surface area (Å²) in [6.45, 7) is 7.19. The molecule has 0 saturated carbocycles. The van der Waals surface area contributed by atoms with E-state index in [2.05, 4.69) is 24.1 Å². The Morgan fingerprint density at radius 2 is 2.20 bits per heavy atom. The van der Waals surface area contributed by atoms with E-state index in [1.54, 1.807) is 0 Å². The highest BCUT2D eigenvalue weighted by Gasteiger charge is 2.04. The van der Waals surface area contributed by atoms with Gasteiger partial charge < -0.3 is 11.1 Å². The number of nitrogens with one attached hydrogen (secondary N) is 1. The van der Waals surface area contributed by atoms with Crippen LogP contribution >= 0.6 is 0 Å². The van der Waals surface area contributed by atoms with Crippen LogP contribution in [-0.4, -0.2) is 17.6 Å². The van der Waals surface area contributed by atoms with E-state index in [4.69, 9.17) is 5.73 Å². The van der Waals surface area contributed by atoms with Crippen LogP contribution in [0.15, 0.2) is 18.3 Å². The molecule has 0 fully saturated rings. The zero-order chi connectivity index (χ0) is 11.3. The number of hydrogen-bond donors (Lipinski definition) is 2. The molecule has 3 heteroatoms. The molecule has 1 aromatic heterocycles. The molecule has 0 saturated heterocycles. The Kier molecular flexibility index (Phi) is 4.56. The molecule has 15 heavy (non-hydrogen) atoms. The summed E-state index contributed by atoms with van der Waals surface area (Å²) in [5.41, 5.74) is 8.11. The summed E-state index contributed by atoms with van der Waals surface area (Å²) in [7, 11) is 0. The van der Waals surface area contributed by atoms with Crippen molar-refractivity contribution in [3.05, 3.63) is 24.0 Å². The number of nitrogens with two attached hydrogens (primary N) is 1. The van der Waals surface area contributed by atoms with Crippen LogP contribution in [0.3, 0.4) is 0 Å². The van der Waals surface area contributed by atoms with E-state index < -0.39 is 0 Å². The van der Waals surface area contributed by atoms with Crippen molar-refractivity contribution in [1.29, 1.82) is 0 Å². The fourth-order valence-corrected chi connectivity index (χ4v) is 1.59. The van der Waals surface area contributed by atoms with Crippen LogP contribution in [0.2, 0.25) is 0 Å². The maximum Gasteiger partial charge on any atom is 0.0393 e. The van der Waals surface area contributed by atoms with E-state index in [0.717, 1.165) is 24.3 Å². The highest BCUT2D eigenvalue weighted by atomic mass is 14.9. The van der Waals surface area contributed by atoms with Crippen molar-refractivity contribution >= 4 is 5.69 Å². The van der Waals surface area contributed by atoms with Crippen molar-refractivity contribution in [2.45, 2.75) is 33.2 Å². The highest BCUT2D eigenvalue weighted by Crippen LogP contribution is 2.08. The van der Waals surface area contributed by atoms with Gasteiger partial charge in [-0.1, -0.05) is 13.8 Å². The Labute approximate surface area is 92.1 Å². The van der Waals surface area contributed by atoms with Crippen LogP contribution in [0.25, 0.3) is 0 Å². The van der Waals surface area contributed by atoms with Crippen LogP contribution in [0.1, 0.15) is 26.0 Å². The third kappa shape index (κ3) is 4.79. The van der Waals surface area contributed by atoms with E-state index in [9.17, 15) is 0 Å². The third-order valence-corrected chi connectivity index (χ3v) is 2.24. The predicted molar refractivity (Wildman–Crippen MR) is 64.9 cm³/mol. The molecule has 0 spiro atoms. The minimum atomic E-state index is 0.221. The summed E-state index contributed by atoms with van der Waals surface area (Å²) in [4.78, 5) is 4.14. The fraction of sp³-hybridized carbons (Fsp3) is 0.583. The molecule has 1 aromatic rings. The van der Waals surface area contributed by atoms with Crippen LogP contribution in [0, 0.1) is 12.8 Å². The maximum absolute atomic E-state index is 5.98. The van der Waals surface area contributed by atoms with Gasteiger partial charge in [0.15, 0.2) is 0 Å². The Morgan fingerprint density at radius 3 is 2.80 bits per heavy atom. The number of nitrogens with zero attached hydrogens (tertiary/aromatic N) is 1. The number of rotatable bonds is 5. The smallest absolute Gasteiger partial charge is 0.0393 e. The average molecular weight is 207 g/mol. The standard InChI is InChI=1S/C12H21N3/c1-9(2)6-11(13)8-15-12-4-5-14-10(3)7-12/h4-5,7,9,11H,6,8,13H2,1-3H3,(H,14,15). The maximum atomic E-state index is 5.98. The summed E-state index contributed by atoms with van der Waals surface area (Å²) in [5.74, 6) is 0.654. The Hall–Kier alpha value is -1.09. The third-order valence-electron chi connectivity index (χ3n) is 2.24. The second-order valence-electron chi connectivity index (χ2n) is 4.46. The monoisotopic (exact) mass is 207 g/mol. The quantitative estimate of drug-likeness (QED) is 0.778. The molecule has 84 valence electrons. The summed E-state index contributed by atoms with van der Waals surface area (Å²) < 4.78 is 0. The van der Waals surface area contributed by atoms with Crippen LogP contribution < -0.4 is 11.1 Å². The van der Waals surface area contributed by atoms with Crippen LogP contribution in [0.5, 0.6) is 0 Å². The normalized spacial score (nSPS) is 12.9. The van der Waals surface area contributed by atoms with Gasteiger partial charge in [-0.15, -0.1) is 0 Å². The van der Waals surface area contributed by atoms with E-state index in [1.165, 1.54) is 0 Å². The van der Waals surface area contributed by atoms with Gasteiger partial charge in [0.25, 0.3) is 0 Å². The van der Waals surface area contributed by atoms with Gasteiger partial charge in [-0.3, -0.25) is 4.98 Å². The first-order chi connectivity index (χ1) is 7.08. The molecule has 1 unspecified atom stereocenters.